The second-order valence-corrected chi connectivity index (χ2v) is 7.89. The lowest BCUT2D eigenvalue weighted by Gasteiger charge is -2.27. The number of ether oxygens (including phenoxy) is 2. The number of carbonyl (C=O) groups is 1. The molecule has 3 aromatic rings. The number of carbonyl (C=O) groups excluding carboxylic acids is 1. The molecule has 0 bridgehead atoms. The molecule has 1 N–H and O–H groups in total. The van der Waals surface area contributed by atoms with Gasteiger partial charge in [0.1, 0.15) is 12.4 Å². The number of fused-ring (bicyclic) bond motifs is 1. The first-order valence-corrected chi connectivity index (χ1v) is 10.8. The number of anilines is 1. The third-order valence-corrected chi connectivity index (χ3v) is 5.72. The first kappa shape index (κ1) is 21.8. The number of para-hydroxylation sites is 1. The molecular weight excluding hydrogens is 408 g/mol. The normalized spacial score (nSPS) is 14.3. The van der Waals surface area contributed by atoms with Crippen LogP contribution in [-0.4, -0.2) is 47.7 Å². The molecule has 0 unspecified atom stereocenters. The summed E-state index contributed by atoms with van der Waals surface area (Å²) in [5, 5.41) is 3.36. The lowest BCUT2D eigenvalue weighted by Crippen LogP contribution is -2.36. The Labute approximate surface area is 186 Å². The van der Waals surface area contributed by atoms with Crippen LogP contribution < -0.4 is 20.3 Å². The van der Waals surface area contributed by atoms with Gasteiger partial charge < -0.3 is 14.8 Å². The van der Waals surface area contributed by atoms with Gasteiger partial charge in [-0.2, -0.15) is 0 Å². The molecule has 32 heavy (non-hydrogen) atoms. The zero-order valence-corrected chi connectivity index (χ0v) is 18.5. The molecule has 0 radical (unpaired) electrons. The maximum Gasteiger partial charge on any atom is 0.261 e. The van der Waals surface area contributed by atoms with Gasteiger partial charge in [-0.1, -0.05) is 18.6 Å². The maximum atomic E-state index is 13.3. The van der Waals surface area contributed by atoms with Crippen LogP contribution in [0, 0.1) is 0 Å². The van der Waals surface area contributed by atoms with E-state index in [-0.39, 0.29) is 18.0 Å². The number of aromatic nitrogens is 2. The highest BCUT2D eigenvalue weighted by atomic mass is 16.5. The number of likely N-dealkylation sites (tertiary alicyclic amines) is 1. The summed E-state index contributed by atoms with van der Waals surface area (Å²) < 4.78 is 12.0. The molecule has 4 rings (SSSR count). The van der Waals surface area contributed by atoms with Gasteiger partial charge in [0, 0.05) is 11.8 Å². The largest absolute Gasteiger partial charge is 0.493 e. The number of piperidine rings is 1. The van der Waals surface area contributed by atoms with Crippen LogP contribution in [-0.2, 0) is 17.9 Å². The van der Waals surface area contributed by atoms with Gasteiger partial charge in [0.2, 0.25) is 5.91 Å². The van der Waals surface area contributed by atoms with Crippen LogP contribution in [0.1, 0.15) is 25.1 Å². The minimum Gasteiger partial charge on any atom is -0.493 e. The summed E-state index contributed by atoms with van der Waals surface area (Å²) in [7, 11) is 3.09. The predicted molar refractivity (Wildman–Crippen MR) is 123 cm³/mol. The molecule has 1 fully saturated rings. The molecular formula is C24H28N4O4. The van der Waals surface area contributed by atoms with Crippen LogP contribution in [0.4, 0.5) is 5.69 Å². The summed E-state index contributed by atoms with van der Waals surface area (Å²) in [6.07, 6.45) is 3.50. The average molecular weight is 437 g/mol. The van der Waals surface area contributed by atoms with E-state index >= 15 is 0 Å². The van der Waals surface area contributed by atoms with Crippen LogP contribution in [0.2, 0.25) is 0 Å². The summed E-state index contributed by atoms with van der Waals surface area (Å²) >= 11 is 0. The standard InChI is InChI=1S/C24H28N4O4/c1-31-20-11-10-17(14-21(20)32-2)25-23(29)16-28-22(15-27-12-6-3-7-13-27)26-19-9-5-4-8-18(19)24(28)30/h4-5,8-11,14H,3,6-7,12-13,15-16H2,1-2H3,(H,25,29). The van der Waals surface area contributed by atoms with E-state index in [1.54, 1.807) is 31.4 Å². The molecule has 2 aromatic carbocycles. The molecule has 0 saturated carbocycles. The van der Waals surface area contributed by atoms with Crippen molar-refractivity contribution in [1.82, 2.24) is 14.5 Å². The summed E-state index contributed by atoms with van der Waals surface area (Å²) in [6.45, 7) is 2.37. The number of rotatable bonds is 7. The Kier molecular flexibility index (Phi) is 6.70. The van der Waals surface area contributed by atoms with Crippen LogP contribution >= 0.6 is 0 Å². The van der Waals surface area contributed by atoms with Crippen LogP contribution in [0.15, 0.2) is 47.3 Å². The lowest BCUT2D eigenvalue weighted by atomic mass is 10.1. The summed E-state index contributed by atoms with van der Waals surface area (Å²) in [5.41, 5.74) is 1.01. The number of methoxy groups -OCH3 is 2. The van der Waals surface area contributed by atoms with Gasteiger partial charge in [0.25, 0.3) is 5.56 Å². The molecule has 2 heterocycles. The van der Waals surface area contributed by atoms with Gasteiger partial charge in [-0.05, 0) is 50.2 Å². The fraction of sp³-hybridized carbons (Fsp3) is 0.375. The molecule has 1 amide bonds. The quantitative estimate of drug-likeness (QED) is 0.613. The van der Waals surface area contributed by atoms with E-state index in [2.05, 4.69) is 10.2 Å². The maximum absolute atomic E-state index is 13.3. The van der Waals surface area contributed by atoms with Gasteiger partial charge in [-0.3, -0.25) is 19.1 Å². The third kappa shape index (κ3) is 4.75. The number of nitrogens with zero attached hydrogens (tertiary/aromatic N) is 3. The fourth-order valence-corrected chi connectivity index (χ4v) is 4.07. The molecule has 8 heteroatoms. The van der Waals surface area contributed by atoms with E-state index < -0.39 is 0 Å². The zero-order valence-electron chi connectivity index (χ0n) is 18.5. The topological polar surface area (TPSA) is 85.7 Å². The minimum atomic E-state index is -0.309. The highest BCUT2D eigenvalue weighted by Crippen LogP contribution is 2.29. The monoisotopic (exact) mass is 436 g/mol. The van der Waals surface area contributed by atoms with Crippen LogP contribution in [0.25, 0.3) is 10.9 Å². The van der Waals surface area contributed by atoms with Crippen molar-refractivity contribution in [2.45, 2.75) is 32.4 Å². The Morgan fingerprint density at radius 2 is 1.78 bits per heavy atom. The predicted octanol–water partition coefficient (Wildman–Crippen LogP) is 3.04. The van der Waals surface area contributed by atoms with Crippen molar-refractivity contribution in [3.63, 3.8) is 0 Å². The molecule has 1 aliphatic rings. The molecule has 0 atom stereocenters. The lowest BCUT2D eigenvalue weighted by molar-refractivity contribution is -0.116. The van der Waals surface area contributed by atoms with E-state index in [1.807, 2.05) is 18.2 Å². The summed E-state index contributed by atoms with van der Waals surface area (Å²) in [5.74, 6) is 1.39. The SMILES string of the molecule is COc1ccc(NC(=O)Cn2c(CN3CCCCC3)nc3ccccc3c2=O)cc1OC. The minimum absolute atomic E-state index is 0.117. The summed E-state index contributed by atoms with van der Waals surface area (Å²) in [6, 6.07) is 12.4. The Balaban J connectivity index is 1.62. The Bertz CT molecular complexity index is 1170. The third-order valence-electron chi connectivity index (χ3n) is 5.72. The van der Waals surface area contributed by atoms with Crippen LogP contribution in [0.5, 0.6) is 11.5 Å². The van der Waals surface area contributed by atoms with Gasteiger partial charge in [0.15, 0.2) is 11.5 Å². The number of hydrogen-bond donors (Lipinski definition) is 1. The van der Waals surface area contributed by atoms with E-state index in [4.69, 9.17) is 14.5 Å². The fourth-order valence-electron chi connectivity index (χ4n) is 4.07. The number of benzene rings is 2. The first-order valence-electron chi connectivity index (χ1n) is 10.8. The van der Waals surface area contributed by atoms with Gasteiger partial charge in [-0.15, -0.1) is 0 Å². The van der Waals surface area contributed by atoms with E-state index in [1.165, 1.54) is 18.1 Å². The van der Waals surface area contributed by atoms with Crippen LogP contribution in [0.3, 0.4) is 0 Å². The molecule has 168 valence electrons. The number of amides is 1. The van der Waals surface area contributed by atoms with Crippen molar-refractivity contribution in [1.29, 1.82) is 0 Å². The van der Waals surface area contributed by atoms with E-state index in [0.717, 1.165) is 25.9 Å². The van der Waals surface area contributed by atoms with E-state index in [9.17, 15) is 9.59 Å². The Morgan fingerprint density at radius 1 is 1.03 bits per heavy atom. The average Bonchev–Trinajstić information content (AvgIpc) is 2.82. The molecule has 1 aliphatic heterocycles. The molecule has 1 aromatic heterocycles. The Morgan fingerprint density at radius 3 is 2.53 bits per heavy atom. The molecule has 0 aliphatic carbocycles. The second-order valence-electron chi connectivity index (χ2n) is 7.89. The first-order chi connectivity index (χ1) is 15.6. The van der Waals surface area contributed by atoms with Crippen molar-refractivity contribution in [3.05, 3.63) is 58.6 Å². The van der Waals surface area contributed by atoms with Gasteiger partial charge in [0.05, 0.1) is 31.7 Å². The molecule has 8 nitrogen and oxygen atoms in total. The van der Waals surface area contributed by atoms with Crippen molar-refractivity contribution in [2.75, 3.05) is 32.6 Å². The van der Waals surface area contributed by atoms with Crippen molar-refractivity contribution in [2.24, 2.45) is 0 Å². The van der Waals surface area contributed by atoms with Crippen molar-refractivity contribution in [3.8, 4) is 11.5 Å². The number of nitrogens with one attached hydrogen (secondary N) is 1. The van der Waals surface area contributed by atoms with Gasteiger partial charge >= 0.3 is 0 Å². The molecule has 1 saturated heterocycles. The Hall–Kier alpha value is -3.39. The van der Waals surface area contributed by atoms with Crippen molar-refractivity contribution < 1.29 is 14.3 Å². The zero-order chi connectivity index (χ0) is 22.5. The van der Waals surface area contributed by atoms with Gasteiger partial charge in [-0.25, -0.2) is 4.98 Å². The smallest absolute Gasteiger partial charge is 0.261 e. The van der Waals surface area contributed by atoms with Crippen molar-refractivity contribution >= 4 is 22.5 Å². The molecule has 0 spiro atoms. The summed E-state index contributed by atoms with van der Waals surface area (Å²) in [4.78, 5) is 33.2. The highest BCUT2D eigenvalue weighted by Gasteiger charge is 2.18. The van der Waals surface area contributed by atoms with E-state index in [0.29, 0.717) is 40.5 Å². The second kappa shape index (κ2) is 9.82. The number of hydrogen-bond acceptors (Lipinski definition) is 6. The highest BCUT2D eigenvalue weighted by molar-refractivity contribution is 5.91.